The summed E-state index contributed by atoms with van der Waals surface area (Å²) in [6.45, 7) is 1.57. The first-order chi connectivity index (χ1) is 7.24. The van der Waals surface area contributed by atoms with Gasteiger partial charge in [-0.2, -0.15) is 0 Å². The average molecular weight is 270 g/mol. The van der Waals surface area contributed by atoms with Gasteiger partial charge in [-0.05, 0) is 49.4 Å². The Morgan fingerprint density at radius 1 is 1.40 bits per heavy atom. The zero-order chi connectivity index (χ0) is 10.7. The molecule has 0 bridgehead atoms. The SMILES string of the molecule is NCC1(CCOc2cccc(Br)c2)CC1. The summed E-state index contributed by atoms with van der Waals surface area (Å²) in [5, 5.41) is 0. The van der Waals surface area contributed by atoms with E-state index in [0.29, 0.717) is 5.41 Å². The molecule has 0 aromatic heterocycles. The largest absolute Gasteiger partial charge is 0.494 e. The van der Waals surface area contributed by atoms with E-state index in [9.17, 15) is 0 Å². The van der Waals surface area contributed by atoms with Crippen molar-refractivity contribution in [2.75, 3.05) is 13.2 Å². The quantitative estimate of drug-likeness (QED) is 0.892. The highest BCUT2D eigenvalue weighted by Gasteiger charge is 2.40. The van der Waals surface area contributed by atoms with Crippen LogP contribution in [0.3, 0.4) is 0 Å². The summed E-state index contributed by atoms with van der Waals surface area (Å²) in [4.78, 5) is 0. The molecule has 2 N–H and O–H groups in total. The molecule has 2 rings (SSSR count). The van der Waals surface area contributed by atoms with Gasteiger partial charge in [0.05, 0.1) is 6.61 Å². The van der Waals surface area contributed by atoms with Crippen LogP contribution in [-0.2, 0) is 0 Å². The predicted molar refractivity (Wildman–Crippen MR) is 65.0 cm³/mol. The topological polar surface area (TPSA) is 35.2 Å². The zero-order valence-corrected chi connectivity index (χ0v) is 10.3. The summed E-state index contributed by atoms with van der Waals surface area (Å²) in [5.74, 6) is 0.928. The lowest BCUT2D eigenvalue weighted by atomic mass is 10.0. The Morgan fingerprint density at radius 3 is 2.80 bits per heavy atom. The van der Waals surface area contributed by atoms with Crippen molar-refractivity contribution in [3.05, 3.63) is 28.7 Å². The second-order valence-electron chi connectivity index (χ2n) is 4.26. The lowest BCUT2D eigenvalue weighted by Gasteiger charge is -2.12. The van der Waals surface area contributed by atoms with Gasteiger partial charge < -0.3 is 10.5 Å². The molecule has 0 spiro atoms. The Kier molecular flexibility index (Phi) is 3.32. The van der Waals surface area contributed by atoms with Crippen molar-refractivity contribution < 1.29 is 4.74 Å². The van der Waals surface area contributed by atoms with Crippen molar-refractivity contribution in [2.45, 2.75) is 19.3 Å². The molecule has 0 aliphatic heterocycles. The fourth-order valence-electron chi connectivity index (χ4n) is 1.68. The van der Waals surface area contributed by atoms with Crippen molar-refractivity contribution >= 4 is 15.9 Å². The van der Waals surface area contributed by atoms with E-state index in [0.717, 1.165) is 29.8 Å². The van der Waals surface area contributed by atoms with Crippen LogP contribution in [0.15, 0.2) is 28.7 Å². The number of benzene rings is 1. The lowest BCUT2D eigenvalue weighted by Crippen LogP contribution is -2.18. The number of hydrogen-bond donors (Lipinski definition) is 1. The smallest absolute Gasteiger partial charge is 0.120 e. The van der Waals surface area contributed by atoms with E-state index in [1.165, 1.54) is 12.8 Å². The van der Waals surface area contributed by atoms with Gasteiger partial charge in [0.2, 0.25) is 0 Å². The van der Waals surface area contributed by atoms with Gasteiger partial charge in [0.15, 0.2) is 0 Å². The first-order valence-corrected chi connectivity index (χ1v) is 6.12. The Balaban J connectivity index is 1.78. The van der Waals surface area contributed by atoms with Crippen LogP contribution in [-0.4, -0.2) is 13.2 Å². The van der Waals surface area contributed by atoms with Crippen molar-refractivity contribution in [1.82, 2.24) is 0 Å². The highest BCUT2D eigenvalue weighted by molar-refractivity contribution is 9.10. The Hall–Kier alpha value is -0.540. The molecule has 0 unspecified atom stereocenters. The molecular formula is C12H16BrNO. The fourth-order valence-corrected chi connectivity index (χ4v) is 2.05. The molecule has 0 radical (unpaired) electrons. The summed E-state index contributed by atoms with van der Waals surface area (Å²) in [5.41, 5.74) is 6.12. The molecular weight excluding hydrogens is 254 g/mol. The Bertz CT molecular complexity index is 336. The highest BCUT2D eigenvalue weighted by Crippen LogP contribution is 2.47. The summed E-state index contributed by atoms with van der Waals surface area (Å²) in [6.07, 6.45) is 3.62. The molecule has 1 aliphatic carbocycles. The molecule has 1 saturated carbocycles. The van der Waals surface area contributed by atoms with Crippen LogP contribution in [0.25, 0.3) is 0 Å². The Morgan fingerprint density at radius 2 is 2.20 bits per heavy atom. The van der Waals surface area contributed by atoms with E-state index in [1.54, 1.807) is 0 Å². The lowest BCUT2D eigenvalue weighted by molar-refractivity contribution is 0.271. The van der Waals surface area contributed by atoms with Crippen molar-refractivity contribution in [3.8, 4) is 5.75 Å². The van der Waals surface area contributed by atoms with Crippen molar-refractivity contribution in [3.63, 3.8) is 0 Å². The van der Waals surface area contributed by atoms with E-state index in [1.807, 2.05) is 24.3 Å². The summed E-state index contributed by atoms with van der Waals surface area (Å²) in [6, 6.07) is 7.94. The van der Waals surface area contributed by atoms with Crippen molar-refractivity contribution in [2.24, 2.45) is 11.1 Å². The van der Waals surface area contributed by atoms with E-state index in [2.05, 4.69) is 15.9 Å². The van der Waals surface area contributed by atoms with Crippen LogP contribution < -0.4 is 10.5 Å². The molecule has 3 heteroatoms. The van der Waals surface area contributed by atoms with E-state index >= 15 is 0 Å². The van der Waals surface area contributed by atoms with Crippen LogP contribution in [0.2, 0.25) is 0 Å². The van der Waals surface area contributed by atoms with Crippen LogP contribution >= 0.6 is 15.9 Å². The Labute approximate surface area is 98.9 Å². The van der Waals surface area contributed by atoms with Gasteiger partial charge in [-0.15, -0.1) is 0 Å². The third kappa shape index (κ3) is 2.95. The fraction of sp³-hybridized carbons (Fsp3) is 0.500. The minimum Gasteiger partial charge on any atom is -0.494 e. The molecule has 0 heterocycles. The molecule has 1 aliphatic rings. The maximum Gasteiger partial charge on any atom is 0.120 e. The molecule has 1 fully saturated rings. The minimum atomic E-state index is 0.409. The van der Waals surface area contributed by atoms with E-state index < -0.39 is 0 Å². The monoisotopic (exact) mass is 269 g/mol. The second-order valence-corrected chi connectivity index (χ2v) is 5.18. The summed E-state index contributed by atoms with van der Waals surface area (Å²) in [7, 11) is 0. The molecule has 82 valence electrons. The third-order valence-corrected chi connectivity index (χ3v) is 3.58. The number of ether oxygens (including phenoxy) is 1. The predicted octanol–water partition coefficient (Wildman–Crippen LogP) is 2.96. The first-order valence-electron chi connectivity index (χ1n) is 5.33. The van der Waals surface area contributed by atoms with Gasteiger partial charge in [-0.1, -0.05) is 22.0 Å². The molecule has 0 saturated heterocycles. The standard InChI is InChI=1S/C12H16BrNO/c13-10-2-1-3-11(8-10)15-7-6-12(9-14)4-5-12/h1-3,8H,4-7,9,14H2. The highest BCUT2D eigenvalue weighted by atomic mass is 79.9. The van der Waals surface area contributed by atoms with Gasteiger partial charge in [-0.25, -0.2) is 0 Å². The van der Waals surface area contributed by atoms with Crippen LogP contribution in [0, 0.1) is 5.41 Å². The zero-order valence-electron chi connectivity index (χ0n) is 8.71. The van der Waals surface area contributed by atoms with E-state index in [-0.39, 0.29) is 0 Å². The molecule has 0 amide bonds. The van der Waals surface area contributed by atoms with Gasteiger partial charge in [0.25, 0.3) is 0 Å². The first kappa shape index (κ1) is 11.0. The minimum absolute atomic E-state index is 0.409. The number of nitrogens with two attached hydrogens (primary N) is 1. The summed E-state index contributed by atoms with van der Waals surface area (Å²) >= 11 is 3.42. The van der Waals surface area contributed by atoms with Gasteiger partial charge in [0, 0.05) is 4.47 Å². The normalized spacial score (nSPS) is 17.5. The van der Waals surface area contributed by atoms with Crippen LogP contribution in [0.1, 0.15) is 19.3 Å². The molecule has 0 atom stereocenters. The van der Waals surface area contributed by atoms with Crippen molar-refractivity contribution in [1.29, 1.82) is 0 Å². The molecule has 1 aromatic carbocycles. The second kappa shape index (κ2) is 4.54. The summed E-state index contributed by atoms with van der Waals surface area (Å²) < 4.78 is 6.73. The number of hydrogen-bond acceptors (Lipinski definition) is 2. The maximum atomic E-state index is 5.71. The maximum absolute atomic E-state index is 5.71. The number of rotatable bonds is 5. The molecule has 2 nitrogen and oxygen atoms in total. The van der Waals surface area contributed by atoms with Crippen LogP contribution in [0.4, 0.5) is 0 Å². The van der Waals surface area contributed by atoms with Gasteiger partial charge in [-0.3, -0.25) is 0 Å². The van der Waals surface area contributed by atoms with E-state index in [4.69, 9.17) is 10.5 Å². The van der Waals surface area contributed by atoms with Gasteiger partial charge >= 0.3 is 0 Å². The molecule has 1 aromatic rings. The van der Waals surface area contributed by atoms with Crippen LogP contribution in [0.5, 0.6) is 5.75 Å². The van der Waals surface area contributed by atoms with Gasteiger partial charge in [0.1, 0.15) is 5.75 Å². The molecule has 15 heavy (non-hydrogen) atoms. The number of halogens is 1. The average Bonchev–Trinajstić information content (AvgIpc) is 2.99. The third-order valence-electron chi connectivity index (χ3n) is 3.09.